The van der Waals surface area contributed by atoms with E-state index in [1.807, 2.05) is 30.3 Å². The van der Waals surface area contributed by atoms with Crippen LogP contribution in [0.2, 0.25) is 0 Å². The van der Waals surface area contributed by atoms with Crippen LogP contribution >= 0.6 is 0 Å². The van der Waals surface area contributed by atoms with E-state index in [-0.39, 0.29) is 0 Å². The Bertz CT molecular complexity index is 587. The lowest BCUT2D eigenvalue weighted by Crippen LogP contribution is -1.80. The second kappa shape index (κ2) is 4.45. The number of nitriles is 1. The second-order valence-corrected chi connectivity index (χ2v) is 3.40. The minimum atomic E-state index is 0.372. The topological polar surface area (TPSA) is 56.6 Å². The van der Waals surface area contributed by atoms with Crippen molar-refractivity contribution in [3.05, 3.63) is 41.6 Å². The Balaban J connectivity index is 2.56. The third kappa shape index (κ3) is 1.73. The summed E-state index contributed by atoms with van der Waals surface area (Å²) in [5, 5.41) is 9.36. The lowest BCUT2D eigenvalue weighted by atomic mass is 10.1. The Morgan fingerprint density at radius 3 is 3.00 bits per heavy atom. The zero-order chi connectivity index (χ0) is 11.4. The van der Waals surface area contributed by atoms with Gasteiger partial charge in [-0.05, 0) is 11.6 Å². The predicted octanol–water partition coefficient (Wildman–Crippen LogP) is 2.91. The Kier molecular flexibility index (Phi) is 2.84. The number of carbonyl (C=O) groups excluding carboxylic acids is 1. The van der Waals surface area contributed by atoms with Crippen LogP contribution in [0.4, 0.5) is 0 Å². The largest absolute Gasteiger partial charge is 0.360 e. The minimum Gasteiger partial charge on any atom is -0.360 e. The van der Waals surface area contributed by atoms with Crippen molar-refractivity contribution in [3.63, 3.8) is 0 Å². The number of H-pyrrole nitrogens is 1. The number of benzene rings is 1. The molecule has 1 N–H and O–H groups in total. The fourth-order valence-corrected chi connectivity index (χ4v) is 1.71. The van der Waals surface area contributed by atoms with Crippen molar-refractivity contribution in [1.82, 2.24) is 4.98 Å². The van der Waals surface area contributed by atoms with Crippen molar-refractivity contribution in [2.45, 2.75) is 6.42 Å². The molecular weight excluding hydrogens is 200 g/mol. The summed E-state index contributed by atoms with van der Waals surface area (Å²) in [6.45, 7) is 0. The van der Waals surface area contributed by atoms with Gasteiger partial charge in [-0.15, -0.1) is 0 Å². The third-order valence-corrected chi connectivity index (χ3v) is 2.40. The van der Waals surface area contributed by atoms with E-state index in [1.54, 1.807) is 12.3 Å². The number of nitrogens with one attached hydrogen (secondary N) is 1. The molecule has 2 rings (SSSR count). The summed E-state index contributed by atoms with van der Waals surface area (Å²) in [6, 6.07) is 7.81. The fraction of sp³-hybridized carbons (Fsp3) is 0.0769. The summed E-state index contributed by atoms with van der Waals surface area (Å²) in [4.78, 5) is 13.9. The SMILES string of the molecule is N#CCC=Cc1cccc2[nH]cc(C=O)c12. The van der Waals surface area contributed by atoms with Crippen LogP contribution in [-0.4, -0.2) is 11.3 Å². The molecule has 0 atom stereocenters. The smallest absolute Gasteiger partial charge is 0.152 e. The third-order valence-electron chi connectivity index (χ3n) is 2.40. The van der Waals surface area contributed by atoms with Crippen molar-refractivity contribution in [1.29, 1.82) is 5.26 Å². The van der Waals surface area contributed by atoms with Crippen LogP contribution in [0, 0.1) is 11.3 Å². The first kappa shape index (κ1) is 10.2. The first-order valence-corrected chi connectivity index (χ1v) is 4.95. The van der Waals surface area contributed by atoms with Gasteiger partial charge in [-0.1, -0.05) is 24.3 Å². The van der Waals surface area contributed by atoms with Gasteiger partial charge in [0, 0.05) is 22.7 Å². The van der Waals surface area contributed by atoms with Crippen molar-refractivity contribution in [2.75, 3.05) is 0 Å². The number of fused-ring (bicyclic) bond motifs is 1. The number of allylic oxidation sites excluding steroid dienone is 1. The molecule has 0 amide bonds. The van der Waals surface area contributed by atoms with Gasteiger partial charge in [0.05, 0.1) is 12.5 Å². The number of carbonyl (C=O) groups is 1. The quantitative estimate of drug-likeness (QED) is 0.792. The Morgan fingerprint density at radius 2 is 2.25 bits per heavy atom. The number of hydrogen-bond acceptors (Lipinski definition) is 2. The van der Waals surface area contributed by atoms with Crippen LogP contribution in [-0.2, 0) is 0 Å². The fourth-order valence-electron chi connectivity index (χ4n) is 1.71. The molecule has 0 radical (unpaired) electrons. The molecule has 1 heterocycles. The van der Waals surface area contributed by atoms with Gasteiger partial charge < -0.3 is 4.98 Å². The second-order valence-electron chi connectivity index (χ2n) is 3.40. The molecule has 78 valence electrons. The highest BCUT2D eigenvalue weighted by Crippen LogP contribution is 2.22. The van der Waals surface area contributed by atoms with Gasteiger partial charge >= 0.3 is 0 Å². The molecule has 3 nitrogen and oxygen atoms in total. The summed E-state index contributed by atoms with van der Waals surface area (Å²) in [5.74, 6) is 0. The standard InChI is InChI=1S/C13H10N2O/c14-7-2-1-4-10-5-3-6-12-13(10)11(9-16)8-15-12/h1,3-6,8-9,15H,2H2. The number of rotatable bonds is 3. The monoisotopic (exact) mass is 210 g/mol. The lowest BCUT2D eigenvalue weighted by Gasteiger charge is -1.97. The summed E-state index contributed by atoms with van der Waals surface area (Å²) >= 11 is 0. The molecular formula is C13H10N2O. The Labute approximate surface area is 93.0 Å². The van der Waals surface area contributed by atoms with Crippen molar-refractivity contribution >= 4 is 23.3 Å². The molecule has 3 heteroatoms. The maximum absolute atomic E-state index is 10.9. The summed E-state index contributed by atoms with van der Waals surface area (Å²) < 4.78 is 0. The highest BCUT2D eigenvalue weighted by Gasteiger charge is 2.05. The van der Waals surface area contributed by atoms with Crippen LogP contribution < -0.4 is 0 Å². The lowest BCUT2D eigenvalue weighted by molar-refractivity contribution is 0.112. The van der Waals surface area contributed by atoms with E-state index >= 15 is 0 Å². The van der Waals surface area contributed by atoms with Crippen LogP contribution in [0.15, 0.2) is 30.5 Å². The van der Waals surface area contributed by atoms with E-state index in [0.29, 0.717) is 12.0 Å². The maximum atomic E-state index is 10.9. The molecule has 0 aliphatic rings. The van der Waals surface area contributed by atoms with E-state index in [9.17, 15) is 4.79 Å². The first-order chi connectivity index (χ1) is 7.86. The predicted molar refractivity (Wildman–Crippen MR) is 63.0 cm³/mol. The number of aromatic amines is 1. The molecule has 0 unspecified atom stereocenters. The molecule has 2 aromatic rings. The average molecular weight is 210 g/mol. The first-order valence-electron chi connectivity index (χ1n) is 4.95. The number of aromatic nitrogens is 1. The van der Waals surface area contributed by atoms with E-state index in [0.717, 1.165) is 22.8 Å². The van der Waals surface area contributed by atoms with Crippen molar-refractivity contribution in [3.8, 4) is 6.07 Å². The van der Waals surface area contributed by atoms with Gasteiger partial charge in [-0.2, -0.15) is 5.26 Å². The van der Waals surface area contributed by atoms with Gasteiger partial charge in [0.1, 0.15) is 0 Å². The van der Waals surface area contributed by atoms with Gasteiger partial charge in [0.25, 0.3) is 0 Å². The van der Waals surface area contributed by atoms with Crippen LogP contribution in [0.25, 0.3) is 17.0 Å². The summed E-state index contributed by atoms with van der Waals surface area (Å²) in [5.41, 5.74) is 2.53. The van der Waals surface area contributed by atoms with Gasteiger partial charge in [-0.25, -0.2) is 0 Å². The van der Waals surface area contributed by atoms with Crippen LogP contribution in [0.3, 0.4) is 0 Å². The summed E-state index contributed by atoms with van der Waals surface area (Å²) in [7, 11) is 0. The number of nitrogens with zero attached hydrogens (tertiary/aromatic N) is 1. The van der Waals surface area contributed by atoms with E-state index < -0.39 is 0 Å². The molecule has 0 bridgehead atoms. The minimum absolute atomic E-state index is 0.372. The molecule has 16 heavy (non-hydrogen) atoms. The Hall–Kier alpha value is -2.34. The Morgan fingerprint density at radius 1 is 1.38 bits per heavy atom. The molecule has 0 saturated carbocycles. The zero-order valence-corrected chi connectivity index (χ0v) is 8.60. The van der Waals surface area contributed by atoms with Gasteiger partial charge in [0.2, 0.25) is 0 Å². The van der Waals surface area contributed by atoms with Crippen molar-refractivity contribution < 1.29 is 4.79 Å². The van der Waals surface area contributed by atoms with Gasteiger partial charge in [-0.3, -0.25) is 4.79 Å². The maximum Gasteiger partial charge on any atom is 0.152 e. The zero-order valence-electron chi connectivity index (χ0n) is 8.60. The van der Waals surface area contributed by atoms with Crippen LogP contribution in [0.1, 0.15) is 22.3 Å². The van der Waals surface area contributed by atoms with E-state index in [2.05, 4.69) is 4.98 Å². The highest BCUT2D eigenvalue weighted by atomic mass is 16.1. The molecule has 0 fully saturated rings. The summed E-state index contributed by atoms with van der Waals surface area (Å²) in [6.07, 6.45) is 6.56. The van der Waals surface area contributed by atoms with E-state index in [1.165, 1.54) is 0 Å². The van der Waals surface area contributed by atoms with Crippen molar-refractivity contribution in [2.24, 2.45) is 0 Å². The average Bonchev–Trinajstić information content (AvgIpc) is 2.73. The van der Waals surface area contributed by atoms with Gasteiger partial charge in [0.15, 0.2) is 6.29 Å². The molecule has 1 aromatic carbocycles. The van der Waals surface area contributed by atoms with Crippen LogP contribution in [0.5, 0.6) is 0 Å². The molecule has 0 aliphatic carbocycles. The molecule has 0 spiro atoms. The van der Waals surface area contributed by atoms with E-state index in [4.69, 9.17) is 5.26 Å². The molecule has 0 aliphatic heterocycles. The number of aldehydes is 1. The number of hydrogen-bond donors (Lipinski definition) is 1. The molecule has 1 aromatic heterocycles. The molecule has 0 saturated heterocycles. The highest BCUT2D eigenvalue weighted by molar-refractivity contribution is 6.01. The normalized spacial score (nSPS) is 10.7.